The largest absolute Gasteiger partial charge is 0.492 e. The molecule has 0 aromatic heterocycles. The van der Waals surface area contributed by atoms with Gasteiger partial charge in [-0.15, -0.1) is 0 Å². The van der Waals surface area contributed by atoms with Gasteiger partial charge >= 0.3 is 0 Å². The van der Waals surface area contributed by atoms with Crippen LogP contribution in [0.5, 0.6) is 5.75 Å². The minimum atomic E-state index is 0.390. The molecule has 0 atom stereocenters. The van der Waals surface area contributed by atoms with Crippen LogP contribution in [0.3, 0.4) is 0 Å². The van der Waals surface area contributed by atoms with Crippen molar-refractivity contribution in [3.63, 3.8) is 0 Å². The summed E-state index contributed by atoms with van der Waals surface area (Å²) in [5.41, 5.74) is 7.52. The van der Waals surface area contributed by atoms with Crippen LogP contribution in [0.15, 0.2) is 18.2 Å². The second kappa shape index (κ2) is 8.58. The molecule has 0 aliphatic heterocycles. The summed E-state index contributed by atoms with van der Waals surface area (Å²) in [6, 6.07) is 5.99. The summed E-state index contributed by atoms with van der Waals surface area (Å²) in [5.74, 6) is 6.83. The average Bonchev–Trinajstić information content (AvgIpc) is 2.43. The Labute approximate surface area is 116 Å². The van der Waals surface area contributed by atoms with Crippen molar-refractivity contribution in [1.29, 1.82) is 0 Å². The molecule has 1 rings (SSSR count). The first-order chi connectivity index (χ1) is 9.21. The van der Waals surface area contributed by atoms with Crippen molar-refractivity contribution >= 4 is 0 Å². The molecular formula is C16H24N2O. The number of nitrogens with two attached hydrogens (primary N) is 1. The summed E-state index contributed by atoms with van der Waals surface area (Å²) in [6.07, 6.45) is 0. The van der Waals surface area contributed by atoms with Gasteiger partial charge in [0.1, 0.15) is 12.4 Å². The van der Waals surface area contributed by atoms with Crippen molar-refractivity contribution < 1.29 is 4.74 Å². The molecule has 2 N–H and O–H groups in total. The maximum Gasteiger partial charge on any atom is 0.119 e. The molecule has 0 fully saturated rings. The van der Waals surface area contributed by atoms with Crippen LogP contribution in [0.4, 0.5) is 0 Å². The van der Waals surface area contributed by atoms with Gasteiger partial charge in [-0.05, 0) is 43.8 Å². The Morgan fingerprint density at radius 2 is 2.00 bits per heavy atom. The van der Waals surface area contributed by atoms with Crippen LogP contribution >= 0.6 is 0 Å². The lowest BCUT2D eigenvalue weighted by atomic mass is 10.1. The van der Waals surface area contributed by atoms with Gasteiger partial charge < -0.3 is 15.4 Å². The zero-order valence-corrected chi connectivity index (χ0v) is 12.2. The summed E-state index contributed by atoms with van der Waals surface area (Å²) in [6.45, 7) is 10.6. The van der Waals surface area contributed by atoms with E-state index in [1.165, 1.54) is 0 Å². The molecule has 0 spiro atoms. The summed E-state index contributed by atoms with van der Waals surface area (Å²) < 4.78 is 5.77. The van der Waals surface area contributed by atoms with Gasteiger partial charge in [0.05, 0.1) is 6.54 Å². The molecule has 19 heavy (non-hydrogen) atoms. The minimum absolute atomic E-state index is 0.390. The van der Waals surface area contributed by atoms with Crippen molar-refractivity contribution in [1.82, 2.24) is 4.90 Å². The SMILES string of the molecule is CCN(CC)CCOc1ccc(C#CCN)c(C)c1. The monoisotopic (exact) mass is 260 g/mol. The van der Waals surface area contributed by atoms with Crippen LogP contribution in [0.1, 0.15) is 25.0 Å². The fourth-order valence-electron chi connectivity index (χ4n) is 1.84. The number of hydrogen-bond donors (Lipinski definition) is 1. The predicted octanol–water partition coefficient (Wildman–Crippen LogP) is 2.03. The summed E-state index contributed by atoms with van der Waals surface area (Å²) in [4.78, 5) is 2.34. The van der Waals surface area contributed by atoms with Gasteiger partial charge in [0, 0.05) is 12.1 Å². The molecule has 0 saturated heterocycles. The second-order valence-corrected chi connectivity index (χ2v) is 4.36. The van der Waals surface area contributed by atoms with E-state index in [1.807, 2.05) is 25.1 Å². The van der Waals surface area contributed by atoms with Crippen LogP contribution in [-0.2, 0) is 0 Å². The highest BCUT2D eigenvalue weighted by Gasteiger charge is 2.01. The molecule has 0 radical (unpaired) electrons. The van der Waals surface area contributed by atoms with E-state index in [9.17, 15) is 0 Å². The number of likely N-dealkylation sites (N-methyl/N-ethyl adjacent to an activating group) is 1. The van der Waals surface area contributed by atoms with E-state index in [0.29, 0.717) is 6.54 Å². The third-order valence-corrected chi connectivity index (χ3v) is 3.09. The lowest BCUT2D eigenvalue weighted by molar-refractivity contribution is 0.222. The molecule has 0 bridgehead atoms. The van der Waals surface area contributed by atoms with E-state index in [4.69, 9.17) is 10.5 Å². The molecule has 0 unspecified atom stereocenters. The Bertz CT molecular complexity index is 442. The standard InChI is InChI=1S/C16H24N2O/c1-4-18(5-2)11-12-19-16-9-8-15(7-6-10-17)14(3)13-16/h8-9,13H,4-5,10-12,17H2,1-3H3. The number of benzene rings is 1. The van der Waals surface area contributed by atoms with Crippen molar-refractivity contribution in [3.05, 3.63) is 29.3 Å². The highest BCUT2D eigenvalue weighted by atomic mass is 16.5. The van der Waals surface area contributed by atoms with Gasteiger partial charge in [-0.2, -0.15) is 0 Å². The smallest absolute Gasteiger partial charge is 0.119 e. The molecule has 0 saturated carbocycles. The number of rotatable bonds is 6. The van der Waals surface area contributed by atoms with Gasteiger partial charge in [-0.3, -0.25) is 0 Å². The highest BCUT2D eigenvalue weighted by molar-refractivity contribution is 5.44. The van der Waals surface area contributed by atoms with Gasteiger partial charge in [0.15, 0.2) is 0 Å². The van der Waals surface area contributed by atoms with Crippen LogP contribution < -0.4 is 10.5 Å². The Morgan fingerprint density at radius 1 is 1.26 bits per heavy atom. The zero-order valence-electron chi connectivity index (χ0n) is 12.2. The number of nitrogens with zero attached hydrogens (tertiary/aromatic N) is 1. The van der Waals surface area contributed by atoms with Gasteiger partial charge in [-0.1, -0.05) is 25.7 Å². The van der Waals surface area contributed by atoms with E-state index in [1.54, 1.807) is 0 Å². The van der Waals surface area contributed by atoms with E-state index in [0.717, 1.165) is 43.1 Å². The highest BCUT2D eigenvalue weighted by Crippen LogP contribution is 2.16. The second-order valence-electron chi connectivity index (χ2n) is 4.36. The summed E-state index contributed by atoms with van der Waals surface area (Å²) in [5, 5.41) is 0. The normalized spacial score (nSPS) is 10.2. The fourth-order valence-corrected chi connectivity index (χ4v) is 1.84. The van der Waals surface area contributed by atoms with E-state index < -0.39 is 0 Å². The van der Waals surface area contributed by atoms with Crippen molar-refractivity contribution in [2.45, 2.75) is 20.8 Å². The quantitative estimate of drug-likeness (QED) is 0.795. The molecule has 0 aliphatic rings. The summed E-state index contributed by atoms with van der Waals surface area (Å²) >= 11 is 0. The predicted molar refractivity (Wildman–Crippen MR) is 80.4 cm³/mol. The van der Waals surface area contributed by atoms with Gasteiger partial charge in [0.2, 0.25) is 0 Å². The Hall–Kier alpha value is -1.50. The molecule has 0 aliphatic carbocycles. The molecular weight excluding hydrogens is 236 g/mol. The lowest BCUT2D eigenvalue weighted by Gasteiger charge is -2.18. The minimum Gasteiger partial charge on any atom is -0.492 e. The summed E-state index contributed by atoms with van der Waals surface area (Å²) in [7, 11) is 0. The molecule has 3 heteroatoms. The first-order valence-corrected chi connectivity index (χ1v) is 6.86. The maximum absolute atomic E-state index is 5.77. The number of ether oxygens (including phenoxy) is 1. The van der Waals surface area contributed by atoms with E-state index in [-0.39, 0.29) is 0 Å². The van der Waals surface area contributed by atoms with Gasteiger partial charge in [0.25, 0.3) is 0 Å². The molecule has 1 aromatic rings. The molecule has 0 heterocycles. The average molecular weight is 260 g/mol. The number of aryl methyl sites for hydroxylation is 1. The first-order valence-electron chi connectivity index (χ1n) is 6.86. The molecule has 1 aromatic carbocycles. The third-order valence-electron chi connectivity index (χ3n) is 3.09. The van der Waals surface area contributed by atoms with Crippen molar-refractivity contribution in [3.8, 4) is 17.6 Å². The Kier molecular flexibility index (Phi) is 7.02. The Balaban J connectivity index is 2.54. The lowest BCUT2D eigenvalue weighted by Crippen LogP contribution is -2.27. The van der Waals surface area contributed by atoms with Crippen LogP contribution in [-0.4, -0.2) is 37.7 Å². The van der Waals surface area contributed by atoms with Crippen LogP contribution in [0.2, 0.25) is 0 Å². The van der Waals surface area contributed by atoms with E-state index >= 15 is 0 Å². The van der Waals surface area contributed by atoms with Crippen LogP contribution in [0, 0.1) is 18.8 Å². The molecule has 104 valence electrons. The third kappa shape index (κ3) is 5.34. The van der Waals surface area contributed by atoms with E-state index in [2.05, 4.69) is 30.6 Å². The van der Waals surface area contributed by atoms with Crippen molar-refractivity contribution in [2.24, 2.45) is 5.73 Å². The fraction of sp³-hybridized carbons (Fsp3) is 0.500. The van der Waals surface area contributed by atoms with Gasteiger partial charge in [-0.25, -0.2) is 0 Å². The van der Waals surface area contributed by atoms with Crippen LogP contribution in [0.25, 0.3) is 0 Å². The first kappa shape index (κ1) is 15.6. The topological polar surface area (TPSA) is 38.5 Å². The van der Waals surface area contributed by atoms with Crippen molar-refractivity contribution in [2.75, 3.05) is 32.8 Å². The maximum atomic E-state index is 5.77. The Morgan fingerprint density at radius 3 is 2.58 bits per heavy atom. The number of hydrogen-bond acceptors (Lipinski definition) is 3. The molecule has 3 nitrogen and oxygen atoms in total. The molecule has 0 amide bonds. The zero-order chi connectivity index (χ0) is 14.1.